The number of aliphatic carboxylic acids is 2. The number of carbonyl (C=O) groups excluding carboxylic acids is 1. The molecule has 3 N–H and O–H groups in total. The van der Waals surface area contributed by atoms with Crippen LogP contribution in [0.5, 0.6) is 0 Å². The lowest BCUT2D eigenvalue weighted by atomic mass is 9.65. The summed E-state index contributed by atoms with van der Waals surface area (Å²) >= 11 is 5.92. The molecule has 0 saturated heterocycles. The number of halogens is 1. The average molecular weight is 611 g/mol. The Kier molecular flexibility index (Phi) is 9.87. The number of carbonyl (C=O) groups is 3. The van der Waals surface area contributed by atoms with Gasteiger partial charge in [-0.05, 0) is 79.5 Å². The Hall–Kier alpha value is -3.03. The maximum Gasteiger partial charge on any atom is 0.336 e. The number of hydroxylamine groups is 1. The van der Waals surface area contributed by atoms with Crippen molar-refractivity contribution < 1.29 is 43.0 Å². The van der Waals surface area contributed by atoms with E-state index >= 15 is 0 Å². The zero-order valence-corrected chi connectivity index (χ0v) is 24.7. The standard InChI is InChI=1S/C28H35ClN2O9S/c1-26(13-15-27(16-14-26,30(2)3)20-7-5-4-6-8-20)19-31(41(38,39)22-11-9-21(29)10-12-22)40-24(34)18-28(37,25(35)36)17-23(32)33/h4-12,37H,13-19H2,1-3H3,(H,32,33)(H,35,36). The summed E-state index contributed by atoms with van der Waals surface area (Å²) in [6.45, 7) is 1.63. The molecular formula is C28H35ClN2O9S. The Labute approximate surface area is 244 Å². The van der Waals surface area contributed by atoms with Gasteiger partial charge in [-0.15, -0.1) is 0 Å². The zero-order chi connectivity index (χ0) is 30.6. The van der Waals surface area contributed by atoms with E-state index in [0.717, 1.165) is 5.56 Å². The molecule has 1 aliphatic carbocycles. The van der Waals surface area contributed by atoms with Gasteiger partial charge in [0.2, 0.25) is 0 Å². The van der Waals surface area contributed by atoms with E-state index < -0.39 is 51.8 Å². The number of nitrogens with zero attached hydrogens (tertiary/aromatic N) is 2. The molecule has 1 saturated carbocycles. The lowest BCUT2D eigenvalue weighted by Crippen LogP contribution is -2.50. The Balaban J connectivity index is 1.91. The minimum absolute atomic E-state index is 0.222. The molecule has 2 aromatic carbocycles. The second kappa shape index (κ2) is 12.5. The Morgan fingerprint density at radius 1 is 0.951 bits per heavy atom. The first kappa shape index (κ1) is 32.5. The van der Waals surface area contributed by atoms with E-state index in [4.69, 9.17) is 21.5 Å². The van der Waals surface area contributed by atoms with Crippen molar-refractivity contribution in [1.82, 2.24) is 9.37 Å². The van der Waals surface area contributed by atoms with Crippen molar-refractivity contribution >= 4 is 39.5 Å². The molecule has 224 valence electrons. The Bertz CT molecular complexity index is 1360. The highest BCUT2D eigenvalue weighted by Crippen LogP contribution is 2.48. The summed E-state index contributed by atoms with van der Waals surface area (Å²) in [5, 5.41) is 29.0. The molecule has 1 atom stereocenters. The molecule has 2 aromatic rings. The third kappa shape index (κ3) is 7.44. The van der Waals surface area contributed by atoms with Gasteiger partial charge in [-0.2, -0.15) is 0 Å². The van der Waals surface area contributed by atoms with E-state index in [9.17, 15) is 33.0 Å². The van der Waals surface area contributed by atoms with Crippen molar-refractivity contribution in [2.24, 2.45) is 5.41 Å². The van der Waals surface area contributed by atoms with Crippen LogP contribution in [0.2, 0.25) is 5.02 Å². The highest BCUT2D eigenvalue weighted by Gasteiger charge is 2.47. The van der Waals surface area contributed by atoms with Crippen molar-refractivity contribution in [3.63, 3.8) is 0 Å². The van der Waals surface area contributed by atoms with Crippen molar-refractivity contribution in [2.75, 3.05) is 20.6 Å². The van der Waals surface area contributed by atoms with Crippen LogP contribution in [0.1, 0.15) is 51.0 Å². The number of carboxylic acids is 2. The molecule has 13 heteroatoms. The number of rotatable bonds is 12. The summed E-state index contributed by atoms with van der Waals surface area (Å²) in [6.07, 6.45) is -0.0903. The molecule has 0 heterocycles. The molecule has 1 unspecified atom stereocenters. The van der Waals surface area contributed by atoms with Crippen LogP contribution < -0.4 is 0 Å². The predicted molar refractivity (Wildman–Crippen MR) is 149 cm³/mol. The van der Waals surface area contributed by atoms with Gasteiger partial charge in [0.15, 0.2) is 5.60 Å². The fraction of sp³-hybridized carbons (Fsp3) is 0.464. The number of carboxylic acid groups (broad SMARTS) is 2. The van der Waals surface area contributed by atoms with Crippen LogP contribution >= 0.6 is 11.6 Å². The van der Waals surface area contributed by atoms with E-state index in [-0.39, 0.29) is 22.0 Å². The fourth-order valence-electron chi connectivity index (χ4n) is 5.22. The minimum Gasteiger partial charge on any atom is -0.481 e. The SMILES string of the molecule is CN(C)C1(c2ccccc2)CCC(C)(CN(OC(=O)CC(O)(CC(=O)O)C(=O)O)S(=O)(=O)c2ccc(Cl)cc2)CC1. The molecule has 0 aliphatic heterocycles. The number of aliphatic hydroxyl groups is 1. The second-order valence-electron chi connectivity index (χ2n) is 11.1. The second-order valence-corrected chi connectivity index (χ2v) is 13.3. The van der Waals surface area contributed by atoms with Gasteiger partial charge in [0, 0.05) is 10.6 Å². The zero-order valence-electron chi connectivity index (χ0n) is 23.1. The molecule has 3 rings (SSSR count). The lowest BCUT2D eigenvalue weighted by molar-refractivity contribution is -0.186. The molecule has 41 heavy (non-hydrogen) atoms. The first-order valence-electron chi connectivity index (χ1n) is 12.9. The summed E-state index contributed by atoms with van der Waals surface area (Å²) in [7, 11) is -0.480. The smallest absolute Gasteiger partial charge is 0.336 e. The van der Waals surface area contributed by atoms with Crippen LogP contribution in [0.25, 0.3) is 0 Å². The molecule has 0 radical (unpaired) electrons. The van der Waals surface area contributed by atoms with Crippen LogP contribution in [0.4, 0.5) is 0 Å². The van der Waals surface area contributed by atoms with Gasteiger partial charge in [-0.1, -0.05) is 48.9 Å². The van der Waals surface area contributed by atoms with Gasteiger partial charge in [0.1, 0.15) is 0 Å². The normalized spacial score (nSPS) is 22.7. The third-order valence-corrected chi connectivity index (χ3v) is 9.68. The van der Waals surface area contributed by atoms with E-state index in [1.807, 2.05) is 39.2 Å². The fourth-order valence-corrected chi connectivity index (χ4v) is 6.72. The first-order chi connectivity index (χ1) is 19.0. The van der Waals surface area contributed by atoms with E-state index in [1.165, 1.54) is 24.3 Å². The Morgan fingerprint density at radius 3 is 2.00 bits per heavy atom. The molecule has 1 aliphatic rings. The highest BCUT2D eigenvalue weighted by atomic mass is 35.5. The summed E-state index contributed by atoms with van der Waals surface area (Å²) < 4.78 is 27.8. The van der Waals surface area contributed by atoms with Gasteiger partial charge in [-0.3, -0.25) is 14.5 Å². The predicted octanol–water partition coefficient (Wildman–Crippen LogP) is 3.51. The maximum atomic E-state index is 13.7. The van der Waals surface area contributed by atoms with Crippen LogP contribution in [-0.2, 0) is 34.8 Å². The van der Waals surface area contributed by atoms with Crippen molar-refractivity contribution in [3.05, 3.63) is 65.2 Å². The first-order valence-corrected chi connectivity index (χ1v) is 14.7. The van der Waals surface area contributed by atoms with Gasteiger partial charge in [0.05, 0.1) is 24.3 Å². The summed E-state index contributed by atoms with van der Waals surface area (Å²) in [6, 6.07) is 15.2. The summed E-state index contributed by atoms with van der Waals surface area (Å²) in [5.41, 5.74) is -2.80. The van der Waals surface area contributed by atoms with Gasteiger partial charge < -0.3 is 20.2 Å². The largest absolute Gasteiger partial charge is 0.481 e. The minimum atomic E-state index is -4.47. The summed E-state index contributed by atoms with van der Waals surface area (Å²) in [4.78, 5) is 42.7. The van der Waals surface area contributed by atoms with E-state index in [2.05, 4.69) is 17.0 Å². The lowest BCUT2D eigenvalue weighted by Gasteiger charge is -2.49. The highest BCUT2D eigenvalue weighted by molar-refractivity contribution is 7.89. The summed E-state index contributed by atoms with van der Waals surface area (Å²) in [5.74, 6) is -5.03. The number of benzene rings is 2. The molecule has 0 amide bonds. The molecule has 0 aromatic heterocycles. The quantitative estimate of drug-likeness (QED) is 0.303. The molecule has 0 bridgehead atoms. The van der Waals surface area contributed by atoms with Crippen molar-refractivity contribution in [3.8, 4) is 0 Å². The number of hydrogen-bond donors (Lipinski definition) is 3. The topological polar surface area (TPSA) is 162 Å². The van der Waals surface area contributed by atoms with Crippen molar-refractivity contribution in [1.29, 1.82) is 0 Å². The number of hydrogen-bond acceptors (Lipinski definition) is 8. The number of sulfonamides is 1. The molecule has 0 spiro atoms. The van der Waals surface area contributed by atoms with Gasteiger partial charge in [-0.25, -0.2) is 13.2 Å². The third-order valence-electron chi connectivity index (χ3n) is 7.82. The monoisotopic (exact) mass is 610 g/mol. The molecule has 11 nitrogen and oxygen atoms in total. The van der Waals surface area contributed by atoms with E-state index in [0.29, 0.717) is 30.2 Å². The Morgan fingerprint density at radius 2 is 1.51 bits per heavy atom. The van der Waals surface area contributed by atoms with Gasteiger partial charge in [0.25, 0.3) is 10.0 Å². The average Bonchev–Trinajstić information content (AvgIpc) is 2.89. The van der Waals surface area contributed by atoms with Crippen LogP contribution in [0.15, 0.2) is 59.5 Å². The maximum absolute atomic E-state index is 13.7. The molecular weight excluding hydrogens is 576 g/mol. The van der Waals surface area contributed by atoms with Gasteiger partial charge >= 0.3 is 17.9 Å². The van der Waals surface area contributed by atoms with Crippen LogP contribution in [-0.4, -0.2) is 77.3 Å². The van der Waals surface area contributed by atoms with Crippen LogP contribution in [0.3, 0.4) is 0 Å². The van der Waals surface area contributed by atoms with Crippen LogP contribution in [0, 0.1) is 5.41 Å². The van der Waals surface area contributed by atoms with E-state index in [1.54, 1.807) is 0 Å². The van der Waals surface area contributed by atoms with Crippen molar-refractivity contribution in [2.45, 2.75) is 61.5 Å². The molecule has 1 fully saturated rings.